The maximum absolute atomic E-state index is 13.2. The summed E-state index contributed by atoms with van der Waals surface area (Å²) < 4.78 is 36.9. The minimum Gasteiger partial charge on any atom is -0.497 e. The molecule has 134 valence electrons. The van der Waals surface area contributed by atoms with Crippen LogP contribution in [0.4, 0.5) is 14.5 Å². The molecule has 7 heteroatoms. The van der Waals surface area contributed by atoms with Gasteiger partial charge in [0.25, 0.3) is 5.91 Å². The van der Waals surface area contributed by atoms with Crippen molar-refractivity contribution in [3.63, 3.8) is 0 Å². The van der Waals surface area contributed by atoms with Gasteiger partial charge in [0.05, 0.1) is 12.0 Å². The van der Waals surface area contributed by atoms with Gasteiger partial charge in [-0.1, -0.05) is 6.07 Å². The Hall–Kier alpha value is -2.93. The van der Waals surface area contributed by atoms with E-state index in [-0.39, 0.29) is 5.69 Å². The molecule has 1 amide bonds. The van der Waals surface area contributed by atoms with E-state index in [1.165, 1.54) is 17.4 Å². The number of amides is 1. The van der Waals surface area contributed by atoms with E-state index in [9.17, 15) is 13.6 Å². The fourth-order valence-corrected chi connectivity index (χ4v) is 2.99. The Bertz CT molecular complexity index is 927. The van der Waals surface area contributed by atoms with E-state index >= 15 is 0 Å². The van der Waals surface area contributed by atoms with Crippen LogP contribution in [0.15, 0.2) is 53.9 Å². The topological polar surface area (TPSA) is 47.6 Å². The Morgan fingerprint density at radius 1 is 1.08 bits per heavy atom. The molecule has 0 bridgehead atoms. The first kappa shape index (κ1) is 17.9. The van der Waals surface area contributed by atoms with Gasteiger partial charge in [0.15, 0.2) is 11.6 Å². The molecule has 0 saturated heterocycles. The van der Waals surface area contributed by atoms with Crippen LogP contribution in [0.3, 0.4) is 0 Å². The lowest BCUT2D eigenvalue weighted by molar-refractivity contribution is 0.103. The van der Waals surface area contributed by atoms with Gasteiger partial charge < -0.3 is 14.8 Å². The van der Waals surface area contributed by atoms with Crippen molar-refractivity contribution in [1.29, 1.82) is 0 Å². The number of halogens is 2. The largest absolute Gasteiger partial charge is 0.497 e. The van der Waals surface area contributed by atoms with Crippen LogP contribution in [0.25, 0.3) is 0 Å². The Balaban J connectivity index is 1.61. The summed E-state index contributed by atoms with van der Waals surface area (Å²) in [6, 6.07) is 12.1. The highest BCUT2D eigenvalue weighted by Crippen LogP contribution is 2.22. The highest BCUT2D eigenvalue weighted by atomic mass is 32.1. The lowest BCUT2D eigenvalue weighted by Gasteiger charge is -2.06. The standard InChI is InChI=1S/C19H15F2NO3S/c1-24-14-3-2-4-15(9-14)25-10-12-7-18(26-11-12)19(23)22-13-5-6-16(20)17(21)8-13/h2-9,11H,10H2,1H3,(H,22,23). The number of benzene rings is 2. The van der Waals surface area contributed by atoms with E-state index in [0.717, 1.165) is 17.7 Å². The van der Waals surface area contributed by atoms with Crippen molar-refractivity contribution < 1.29 is 23.0 Å². The van der Waals surface area contributed by atoms with Gasteiger partial charge in [-0.2, -0.15) is 0 Å². The number of rotatable bonds is 6. The van der Waals surface area contributed by atoms with Gasteiger partial charge in [0.1, 0.15) is 18.1 Å². The highest BCUT2D eigenvalue weighted by Gasteiger charge is 2.11. The summed E-state index contributed by atoms with van der Waals surface area (Å²) in [6.45, 7) is 0.294. The number of ether oxygens (including phenoxy) is 2. The molecule has 0 aliphatic carbocycles. The smallest absolute Gasteiger partial charge is 0.265 e. The molecule has 0 spiro atoms. The Morgan fingerprint density at radius 2 is 1.88 bits per heavy atom. The van der Waals surface area contributed by atoms with Crippen LogP contribution in [0.5, 0.6) is 11.5 Å². The van der Waals surface area contributed by atoms with Crippen molar-refractivity contribution in [2.75, 3.05) is 12.4 Å². The predicted octanol–water partition coefficient (Wildman–Crippen LogP) is 4.87. The molecule has 4 nitrogen and oxygen atoms in total. The van der Waals surface area contributed by atoms with Gasteiger partial charge in [0.2, 0.25) is 0 Å². The molecule has 1 aromatic heterocycles. The summed E-state index contributed by atoms with van der Waals surface area (Å²) >= 11 is 1.24. The SMILES string of the molecule is COc1cccc(OCc2csc(C(=O)Nc3ccc(F)c(F)c3)c2)c1. The third kappa shape index (κ3) is 4.37. The molecule has 0 aliphatic heterocycles. The van der Waals surface area contributed by atoms with Crippen molar-refractivity contribution in [1.82, 2.24) is 0 Å². The summed E-state index contributed by atoms with van der Waals surface area (Å²) in [7, 11) is 1.58. The molecule has 0 radical (unpaired) electrons. The number of hydrogen-bond acceptors (Lipinski definition) is 4. The Kier molecular flexibility index (Phi) is 5.48. The zero-order valence-electron chi connectivity index (χ0n) is 13.8. The monoisotopic (exact) mass is 375 g/mol. The van der Waals surface area contributed by atoms with E-state index in [0.29, 0.717) is 23.0 Å². The molecule has 2 aromatic carbocycles. The lowest BCUT2D eigenvalue weighted by atomic mass is 10.2. The predicted molar refractivity (Wildman–Crippen MR) is 96.0 cm³/mol. The second kappa shape index (κ2) is 7.97. The first-order valence-corrected chi connectivity index (χ1v) is 8.54. The second-order valence-electron chi connectivity index (χ2n) is 5.37. The fourth-order valence-electron chi connectivity index (χ4n) is 2.19. The summed E-state index contributed by atoms with van der Waals surface area (Å²) in [5, 5.41) is 4.34. The van der Waals surface area contributed by atoms with Crippen LogP contribution in [0, 0.1) is 11.6 Å². The molecule has 3 aromatic rings. The maximum atomic E-state index is 13.2. The first-order chi connectivity index (χ1) is 12.5. The van der Waals surface area contributed by atoms with E-state index in [4.69, 9.17) is 9.47 Å². The van der Waals surface area contributed by atoms with Gasteiger partial charge in [-0.05, 0) is 35.7 Å². The molecule has 0 aliphatic rings. The molecule has 0 fully saturated rings. The zero-order valence-corrected chi connectivity index (χ0v) is 14.6. The molecule has 26 heavy (non-hydrogen) atoms. The number of thiophene rings is 1. The zero-order chi connectivity index (χ0) is 18.5. The number of anilines is 1. The Labute approximate surface area is 153 Å². The molecule has 1 heterocycles. The average Bonchev–Trinajstić information content (AvgIpc) is 3.12. The van der Waals surface area contributed by atoms with Gasteiger partial charge >= 0.3 is 0 Å². The number of nitrogens with one attached hydrogen (secondary N) is 1. The minimum absolute atomic E-state index is 0.191. The number of hydrogen-bond donors (Lipinski definition) is 1. The van der Waals surface area contributed by atoms with Crippen molar-refractivity contribution in [3.05, 3.63) is 76.0 Å². The van der Waals surface area contributed by atoms with Crippen LogP contribution in [-0.4, -0.2) is 13.0 Å². The quantitative estimate of drug-likeness (QED) is 0.669. The van der Waals surface area contributed by atoms with Crippen molar-refractivity contribution in [2.24, 2.45) is 0 Å². The van der Waals surface area contributed by atoms with Crippen LogP contribution >= 0.6 is 11.3 Å². The van der Waals surface area contributed by atoms with Gasteiger partial charge in [-0.3, -0.25) is 4.79 Å². The van der Waals surface area contributed by atoms with Gasteiger partial charge in [0, 0.05) is 23.4 Å². The van der Waals surface area contributed by atoms with Crippen molar-refractivity contribution in [2.45, 2.75) is 6.61 Å². The van der Waals surface area contributed by atoms with Crippen LogP contribution < -0.4 is 14.8 Å². The summed E-state index contributed by atoms with van der Waals surface area (Å²) in [5.41, 5.74) is 1.02. The summed E-state index contributed by atoms with van der Waals surface area (Å²) in [5.74, 6) is -1.02. The molecule has 0 atom stereocenters. The summed E-state index contributed by atoms with van der Waals surface area (Å²) in [4.78, 5) is 12.7. The van der Waals surface area contributed by atoms with Gasteiger partial charge in [-0.15, -0.1) is 11.3 Å². The number of carbonyl (C=O) groups is 1. The second-order valence-corrected chi connectivity index (χ2v) is 6.28. The van der Waals surface area contributed by atoms with Crippen LogP contribution in [0.1, 0.15) is 15.2 Å². The maximum Gasteiger partial charge on any atom is 0.265 e. The van der Waals surface area contributed by atoms with E-state index in [2.05, 4.69) is 5.32 Å². The first-order valence-electron chi connectivity index (χ1n) is 7.66. The van der Waals surface area contributed by atoms with E-state index < -0.39 is 17.5 Å². The minimum atomic E-state index is -1.01. The molecule has 3 rings (SSSR count). The third-order valence-electron chi connectivity index (χ3n) is 3.50. The van der Waals surface area contributed by atoms with Crippen LogP contribution in [0.2, 0.25) is 0 Å². The fraction of sp³-hybridized carbons (Fsp3) is 0.105. The molecular formula is C19H15F2NO3S. The van der Waals surface area contributed by atoms with E-state index in [1.54, 1.807) is 24.6 Å². The number of methoxy groups -OCH3 is 1. The van der Waals surface area contributed by atoms with Crippen LogP contribution in [-0.2, 0) is 6.61 Å². The molecular weight excluding hydrogens is 360 g/mol. The Morgan fingerprint density at radius 3 is 2.65 bits per heavy atom. The molecule has 1 N–H and O–H groups in total. The third-order valence-corrected chi connectivity index (χ3v) is 4.48. The van der Waals surface area contributed by atoms with E-state index in [1.807, 2.05) is 18.2 Å². The normalized spacial score (nSPS) is 10.4. The highest BCUT2D eigenvalue weighted by molar-refractivity contribution is 7.12. The average molecular weight is 375 g/mol. The number of carbonyl (C=O) groups excluding carboxylic acids is 1. The van der Waals surface area contributed by atoms with Gasteiger partial charge in [-0.25, -0.2) is 8.78 Å². The van der Waals surface area contributed by atoms with Crippen molar-refractivity contribution in [3.8, 4) is 11.5 Å². The summed E-state index contributed by atoms with van der Waals surface area (Å²) in [6.07, 6.45) is 0. The molecule has 0 saturated carbocycles. The van der Waals surface area contributed by atoms with Crippen molar-refractivity contribution >= 4 is 22.9 Å². The molecule has 0 unspecified atom stereocenters. The lowest BCUT2D eigenvalue weighted by Crippen LogP contribution is -2.10.